The number of hydrogen-bond donors (Lipinski definition) is 0. The Labute approximate surface area is 191 Å². The van der Waals surface area contributed by atoms with Crippen LogP contribution in [-0.2, 0) is 24.0 Å². The van der Waals surface area contributed by atoms with Crippen LogP contribution in [0.25, 0.3) is 11.0 Å². The van der Waals surface area contributed by atoms with Gasteiger partial charge in [-0.3, -0.25) is 4.68 Å². The summed E-state index contributed by atoms with van der Waals surface area (Å²) >= 11 is 0. The molecule has 0 amide bonds. The first-order chi connectivity index (χ1) is 15.6. The summed E-state index contributed by atoms with van der Waals surface area (Å²) in [5.41, 5.74) is 5.26. The molecular weight excluding hydrogens is 422 g/mol. The maximum atomic E-state index is 12.7. The van der Waals surface area contributed by atoms with Crippen molar-refractivity contribution in [2.75, 3.05) is 0 Å². The van der Waals surface area contributed by atoms with E-state index in [1.54, 1.807) is 23.9 Å². The lowest BCUT2D eigenvalue weighted by Crippen LogP contribution is -2.14. The minimum atomic E-state index is -0.657. The normalized spacial score (nSPS) is 14.5. The molecule has 0 fully saturated rings. The van der Waals surface area contributed by atoms with Gasteiger partial charge in [0.2, 0.25) is 11.6 Å². The van der Waals surface area contributed by atoms with Crippen molar-refractivity contribution >= 4 is 17.0 Å². The first-order valence-electron chi connectivity index (χ1n) is 10.7. The van der Waals surface area contributed by atoms with Crippen LogP contribution in [0.4, 0.5) is 0 Å². The Morgan fingerprint density at radius 3 is 2.70 bits per heavy atom. The number of rotatable bonds is 4. The molecule has 0 saturated carbocycles. The summed E-state index contributed by atoms with van der Waals surface area (Å²) in [4.78, 5) is 17.1. The molecule has 1 aliphatic rings. The maximum absolute atomic E-state index is 12.7. The van der Waals surface area contributed by atoms with Gasteiger partial charge < -0.3 is 18.6 Å². The van der Waals surface area contributed by atoms with Crippen molar-refractivity contribution < 1.29 is 23.4 Å². The van der Waals surface area contributed by atoms with Crippen LogP contribution in [0.1, 0.15) is 52.3 Å². The molecule has 1 aromatic carbocycles. The number of aryl methyl sites for hydroxylation is 4. The lowest BCUT2D eigenvalue weighted by Gasteiger charge is -2.19. The Hall–Kier alpha value is -3.65. The highest BCUT2D eigenvalue weighted by Gasteiger charge is 2.32. The summed E-state index contributed by atoms with van der Waals surface area (Å²) in [6, 6.07) is 8.86. The molecule has 3 aromatic heterocycles. The van der Waals surface area contributed by atoms with Gasteiger partial charge >= 0.3 is 5.97 Å². The minimum absolute atomic E-state index is 0.0215. The highest BCUT2D eigenvalue weighted by molar-refractivity contribution is 5.89. The average Bonchev–Trinajstić information content (AvgIpc) is 3.40. The highest BCUT2D eigenvalue weighted by atomic mass is 16.6. The second-order valence-corrected chi connectivity index (χ2v) is 8.87. The predicted molar refractivity (Wildman–Crippen MR) is 121 cm³/mol. The quantitative estimate of drug-likeness (QED) is 0.394. The van der Waals surface area contributed by atoms with Gasteiger partial charge in [-0.1, -0.05) is 0 Å². The van der Waals surface area contributed by atoms with E-state index in [2.05, 4.69) is 16.1 Å². The Morgan fingerprint density at radius 2 is 1.91 bits per heavy atom. The summed E-state index contributed by atoms with van der Waals surface area (Å²) in [6.45, 7) is 10.4. The van der Waals surface area contributed by atoms with Gasteiger partial charge in [0, 0.05) is 24.6 Å². The Balaban J connectivity index is 1.36. The summed E-state index contributed by atoms with van der Waals surface area (Å²) < 4.78 is 24.6. The zero-order valence-electron chi connectivity index (χ0n) is 19.5. The smallest absolute Gasteiger partial charge is 0.381 e. The van der Waals surface area contributed by atoms with Crippen LogP contribution in [-0.4, -0.2) is 20.7 Å². The maximum Gasteiger partial charge on any atom is 0.381 e. The van der Waals surface area contributed by atoms with E-state index in [4.69, 9.17) is 18.6 Å². The first kappa shape index (κ1) is 21.2. The average molecular weight is 447 g/mol. The fourth-order valence-corrected chi connectivity index (χ4v) is 4.29. The Kier molecular flexibility index (Phi) is 4.79. The number of benzene rings is 1. The molecule has 0 radical (unpaired) electrons. The first-order valence-corrected chi connectivity index (χ1v) is 10.7. The van der Waals surface area contributed by atoms with Gasteiger partial charge in [-0.05, 0) is 75.1 Å². The van der Waals surface area contributed by atoms with Gasteiger partial charge in [0.15, 0.2) is 5.65 Å². The standard InChI is InChI=1S/C25H25N3O5/c1-13-9-16-12-30-25(4,5)17(16)11-19(13)32-21-8-7-18(31-21)24(29)33-20-10-14(2)22-15(3)27-28(6)23(22)26-20/h7-11H,12H2,1-6H3. The van der Waals surface area contributed by atoms with Crippen molar-refractivity contribution in [1.29, 1.82) is 0 Å². The van der Waals surface area contributed by atoms with E-state index in [1.165, 1.54) is 6.07 Å². The molecule has 33 heavy (non-hydrogen) atoms. The molecular formula is C25H25N3O5. The molecule has 0 bridgehead atoms. The molecule has 8 heteroatoms. The number of carbonyl (C=O) groups is 1. The van der Waals surface area contributed by atoms with Gasteiger partial charge in [-0.2, -0.15) is 10.1 Å². The van der Waals surface area contributed by atoms with Crippen LogP contribution >= 0.6 is 0 Å². The van der Waals surface area contributed by atoms with Crippen molar-refractivity contribution in [3.63, 3.8) is 0 Å². The summed E-state index contributed by atoms with van der Waals surface area (Å²) in [6.07, 6.45) is 0. The van der Waals surface area contributed by atoms with Crippen molar-refractivity contribution in [2.45, 2.75) is 46.8 Å². The lowest BCUT2D eigenvalue weighted by molar-refractivity contribution is -0.00795. The van der Waals surface area contributed by atoms with E-state index in [9.17, 15) is 4.79 Å². The monoisotopic (exact) mass is 447 g/mol. The largest absolute Gasteiger partial charge is 0.426 e. The number of furan rings is 1. The summed E-state index contributed by atoms with van der Waals surface area (Å²) in [5, 5.41) is 5.33. The molecule has 5 rings (SSSR count). The van der Waals surface area contributed by atoms with E-state index >= 15 is 0 Å². The van der Waals surface area contributed by atoms with E-state index in [-0.39, 0.29) is 23.2 Å². The fourth-order valence-electron chi connectivity index (χ4n) is 4.29. The number of esters is 1. The predicted octanol–water partition coefficient (Wildman–Crippen LogP) is 5.26. The minimum Gasteiger partial charge on any atom is -0.426 e. The zero-order valence-corrected chi connectivity index (χ0v) is 19.5. The molecule has 8 nitrogen and oxygen atoms in total. The van der Waals surface area contributed by atoms with Crippen LogP contribution in [0.5, 0.6) is 17.6 Å². The van der Waals surface area contributed by atoms with Crippen LogP contribution in [0.2, 0.25) is 0 Å². The van der Waals surface area contributed by atoms with Crippen molar-refractivity contribution in [1.82, 2.24) is 14.8 Å². The fraction of sp³-hybridized carbons (Fsp3) is 0.320. The zero-order chi connectivity index (χ0) is 23.5. The lowest BCUT2D eigenvalue weighted by atomic mass is 9.94. The van der Waals surface area contributed by atoms with Crippen molar-refractivity contribution in [3.8, 4) is 17.6 Å². The number of aromatic nitrogens is 3. The molecule has 0 saturated heterocycles. The van der Waals surface area contributed by atoms with Crippen LogP contribution in [0.15, 0.2) is 34.7 Å². The van der Waals surface area contributed by atoms with Crippen molar-refractivity contribution in [2.24, 2.45) is 7.05 Å². The molecule has 0 N–H and O–H groups in total. The molecule has 1 aliphatic heterocycles. The molecule has 170 valence electrons. The third-order valence-electron chi connectivity index (χ3n) is 5.97. The van der Waals surface area contributed by atoms with Gasteiger partial charge in [-0.25, -0.2) is 4.79 Å². The number of nitrogens with zero attached hydrogens (tertiary/aromatic N) is 3. The van der Waals surface area contributed by atoms with E-state index in [0.717, 1.165) is 33.3 Å². The van der Waals surface area contributed by atoms with Crippen LogP contribution in [0.3, 0.4) is 0 Å². The number of hydrogen-bond acceptors (Lipinski definition) is 7. The molecule has 0 spiro atoms. The van der Waals surface area contributed by atoms with E-state index in [0.29, 0.717) is 18.0 Å². The second-order valence-electron chi connectivity index (χ2n) is 8.87. The number of pyridine rings is 1. The third-order valence-corrected chi connectivity index (χ3v) is 5.97. The SMILES string of the molecule is Cc1cc2c(cc1Oc1ccc(C(=O)Oc3cc(C)c4c(C)nn(C)c4n3)o1)C(C)(C)OC2. The van der Waals surface area contributed by atoms with Gasteiger partial charge in [0.1, 0.15) is 5.75 Å². The molecule has 0 unspecified atom stereocenters. The molecule has 4 heterocycles. The number of ether oxygens (including phenoxy) is 3. The van der Waals surface area contributed by atoms with E-state index < -0.39 is 5.97 Å². The highest BCUT2D eigenvalue weighted by Crippen LogP contribution is 2.40. The molecule has 0 atom stereocenters. The Morgan fingerprint density at radius 1 is 1.12 bits per heavy atom. The molecule has 0 aliphatic carbocycles. The topological polar surface area (TPSA) is 88.6 Å². The summed E-state index contributed by atoms with van der Waals surface area (Å²) in [5.74, 6) is 0.395. The third kappa shape index (κ3) is 3.66. The number of carbonyl (C=O) groups excluding carboxylic acids is 1. The number of fused-ring (bicyclic) bond motifs is 2. The molecule has 4 aromatic rings. The summed E-state index contributed by atoms with van der Waals surface area (Å²) in [7, 11) is 1.80. The van der Waals surface area contributed by atoms with Crippen LogP contribution < -0.4 is 9.47 Å². The van der Waals surface area contributed by atoms with Gasteiger partial charge in [0.05, 0.1) is 17.9 Å². The van der Waals surface area contributed by atoms with Gasteiger partial charge in [0.25, 0.3) is 5.95 Å². The second kappa shape index (κ2) is 7.45. The van der Waals surface area contributed by atoms with E-state index in [1.807, 2.05) is 40.7 Å². The Bertz CT molecular complexity index is 1410. The van der Waals surface area contributed by atoms with Crippen LogP contribution in [0, 0.1) is 20.8 Å². The van der Waals surface area contributed by atoms with Gasteiger partial charge in [-0.15, -0.1) is 0 Å². The van der Waals surface area contributed by atoms with Crippen molar-refractivity contribution in [3.05, 3.63) is 64.0 Å².